The molecule has 0 unspecified atom stereocenters. The van der Waals surface area contributed by atoms with E-state index < -0.39 is 5.91 Å². The Morgan fingerprint density at radius 1 is 1.00 bits per heavy atom. The van der Waals surface area contributed by atoms with Gasteiger partial charge in [0.05, 0.1) is 5.69 Å². The van der Waals surface area contributed by atoms with E-state index in [0.29, 0.717) is 6.54 Å². The van der Waals surface area contributed by atoms with Gasteiger partial charge in [0.15, 0.2) is 0 Å². The predicted molar refractivity (Wildman–Crippen MR) is 102 cm³/mol. The minimum absolute atomic E-state index is 0.569. The first kappa shape index (κ1) is 17.4. The summed E-state index contributed by atoms with van der Waals surface area (Å²) in [4.78, 5) is 15.7. The average molecular weight is 345 g/mol. The van der Waals surface area contributed by atoms with Crippen LogP contribution < -0.4 is 10.8 Å². The van der Waals surface area contributed by atoms with Gasteiger partial charge in [-0.05, 0) is 29.3 Å². The molecule has 0 atom stereocenters. The standard InChI is InChI=1S/C21H19N3O2/c25-21(24-26)13-11-18-8-4-5-9-19(18)22-14-16-10-12-20(23-15-16)17-6-2-1-3-7-17/h1-13,15,22,26H,14H2,(H,24,25)/b13-11+. The molecule has 0 bridgehead atoms. The Morgan fingerprint density at radius 3 is 2.50 bits per heavy atom. The Balaban J connectivity index is 1.68. The highest BCUT2D eigenvalue weighted by molar-refractivity contribution is 5.91. The summed E-state index contributed by atoms with van der Waals surface area (Å²) in [5, 5.41) is 11.9. The van der Waals surface area contributed by atoms with Gasteiger partial charge >= 0.3 is 0 Å². The highest BCUT2D eigenvalue weighted by atomic mass is 16.5. The number of anilines is 1. The van der Waals surface area contributed by atoms with Crippen molar-refractivity contribution in [2.45, 2.75) is 6.54 Å². The summed E-state index contributed by atoms with van der Waals surface area (Å²) in [5.74, 6) is -0.569. The third kappa shape index (κ3) is 4.55. The van der Waals surface area contributed by atoms with Crippen LogP contribution in [0.25, 0.3) is 17.3 Å². The van der Waals surface area contributed by atoms with E-state index in [4.69, 9.17) is 5.21 Å². The zero-order chi connectivity index (χ0) is 18.2. The number of para-hydroxylation sites is 1. The predicted octanol–water partition coefficient (Wildman–Crippen LogP) is 3.88. The van der Waals surface area contributed by atoms with Gasteiger partial charge in [0.2, 0.25) is 0 Å². The molecule has 0 spiro atoms. The number of pyridine rings is 1. The van der Waals surface area contributed by atoms with Crippen molar-refractivity contribution in [3.05, 3.63) is 90.1 Å². The molecule has 0 aliphatic heterocycles. The van der Waals surface area contributed by atoms with Crippen molar-refractivity contribution in [1.82, 2.24) is 10.5 Å². The van der Waals surface area contributed by atoms with E-state index in [9.17, 15) is 4.79 Å². The minimum Gasteiger partial charge on any atom is -0.380 e. The Kier molecular flexibility index (Phi) is 5.75. The molecule has 1 amide bonds. The number of carbonyl (C=O) groups excluding carboxylic acids is 1. The fraction of sp³-hybridized carbons (Fsp3) is 0.0476. The lowest BCUT2D eigenvalue weighted by Gasteiger charge is -2.10. The number of aromatic nitrogens is 1. The summed E-state index contributed by atoms with van der Waals surface area (Å²) >= 11 is 0. The van der Waals surface area contributed by atoms with Crippen LogP contribution >= 0.6 is 0 Å². The average Bonchev–Trinajstić information content (AvgIpc) is 2.72. The van der Waals surface area contributed by atoms with E-state index in [1.54, 1.807) is 11.6 Å². The number of carbonyl (C=O) groups is 1. The lowest BCUT2D eigenvalue weighted by atomic mass is 10.1. The summed E-state index contributed by atoms with van der Waals surface area (Å²) in [7, 11) is 0. The van der Waals surface area contributed by atoms with E-state index in [1.165, 1.54) is 6.08 Å². The fourth-order valence-corrected chi connectivity index (χ4v) is 2.51. The second kappa shape index (κ2) is 8.60. The number of hydroxylamine groups is 1. The molecular formula is C21H19N3O2. The number of hydrogen-bond donors (Lipinski definition) is 3. The molecule has 1 aromatic heterocycles. The smallest absolute Gasteiger partial charge is 0.267 e. The molecule has 3 rings (SSSR count). The van der Waals surface area contributed by atoms with Gasteiger partial charge in [0, 0.05) is 30.1 Å². The van der Waals surface area contributed by atoms with Crippen LogP contribution in [-0.2, 0) is 11.3 Å². The molecule has 0 aliphatic carbocycles. The topological polar surface area (TPSA) is 74.2 Å². The maximum Gasteiger partial charge on any atom is 0.267 e. The molecule has 5 heteroatoms. The maximum atomic E-state index is 11.1. The molecule has 5 nitrogen and oxygen atoms in total. The van der Waals surface area contributed by atoms with Crippen molar-refractivity contribution < 1.29 is 10.0 Å². The Morgan fingerprint density at radius 2 is 1.77 bits per heavy atom. The van der Waals surface area contributed by atoms with Crippen molar-refractivity contribution in [3.63, 3.8) is 0 Å². The van der Waals surface area contributed by atoms with E-state index in [-0.39, 0.29) is 0 Å². The molecule has 3 N–H and O–H groups in total. The van der Waals surface area contributed by atoms with Crippen LogP contribution in [0.4, 0.5) is 5.69 Å². The van der Waals surface area contributed by atoms with Gasteiger partial charge < -0.3 is 5.32 Å². The molecule has 1 heterocycles. The lowest BCUT2D eigenvalue weighted by molar-refractivity contribution is -0.124. The van der Waals surface area contributed by atoms with Gasteiger partial charge in [-0.1, -0.05) is 54.6 Å². The molecule has 0 saturated carbocycles. The highest BCUT2D eigenvalue weighted by Gasteiger charge is 2.02. The number of nitrogens with one attached hydrogen (secondary N) is 2. The third-order valence-corrected chi connectivity index (χ3v) is 3.86. The molecule has 0 aliphatic rings. The summed E-state index contributed by atoms with van der Waals surface area (Å²) in [5.41, 5.74) is 6.40. The van der Waals surface area contributed by atoms with E-state index in [0.717, 1.165) is 28.1 Å². The van der Waals surface area contributed by atoms with Crippen LogP contribution in [0.5, 0.6) is 0 Å². The highest BCUT2D eigenvalue weighted by Crippen LogP contribution is 2.19. The molecule has 26 heavy (non-hydrogen) atoms. The first-order valence-corrected chi connectivity index (χ1v) is 8.21. The largest absolute Gasteiger partial charge is 0.380 e. The molecule has 0 fully saturated rings. The number of benzene rings is 2. The second-order valence-corrected chi connectivity index (χ2v) is 5.67. The summed E-state index contributed by atoms with van der Waals surface area (Å²) in [6.45, 7) is 0.610. The molecule has 3 aromatic rings. The summed E-state index contributed by atoms with van der Waals surface area (Å²) in [6, 6.07) is 21.7. The Labute approximate surface area is 152 Å². The first-order chi connectivity index (χ1) is 12.8. The second-order valence-electron chi connectivity index (χ2n) is 5.67. The van der Waals surface area contributed by atoms with Crippen LogP contribution in [0.15, 0.2) is 79.0 Å². The van der Waals surface area contributed by atoms with Gasteiger partial charge in [-0.2, -0.15) is 0 Å². The zero-order valence-corrected chi connectivity index (χ0v) is 14.1. The van der Waals surface area contributed by atoms with Crippen molar-refractivity contribution in [1.29, 1.82) is 0 Å². The maximum absolute atomic E-state index is 11.1. The van der Waals surface area contributed by atoms with Gasteiger partial charge in [-0.3, -0.25) is 15.0 Å². The fourth-order valence-electron chi connectivity index (χ4n) is 2.51. The van der Waals surface area contributed by atoms with Crippen molar-refractivity contribution >= 4 is 17.7 Å². The molecule has 2 aromatic carbocycles. The van der Waals surface area contributed by atoms with E-state index in [2.05, 4.69) is 10.3 Å². The van der Waals surface area contributed by atoms with Crippen LogP contribution in [0.1, 0.15) is 11.1 Å². The quantitative estimate of drug-likeness (QED) is 0.360. The molecule has 0 saturated heterocycles. The Hall–Kier alpha value is -3.44. The minimum atomic E-state index is -0.569. The number of rotatable bonds is 6. The van der Waals surface area contributed by atoms with Crippen LogP contribution in [0.3, 0.4) is 0 Å². The molecule has 130 valence electrons. The van der Waals surface area contributed by atoms with Gasteiger partial charge in [0.1, 0.15) is 0 Å². The number of nitrogens with zero attached hydrogens (tertiary/aromatic N) is 1. The summed E-state index contributed by atoms with van der Waals surface area (Å²) < 4.78 is 0. The van der Waals surface area contributed by atoms with Crippen molar-refractivity contribution in [2.24, 2.45) is 0 Å². The van der Waals surface area contributed by atoms with E-state index >= 15 is 0 Å². The Bertz CT molecular complexity index is 891. The van der Waals surface area contributed by atoms with Gasteiger partial charge in [-0.15, -0.1) is 0 Å². The SMILES string of the molecule is O=C(/C=C/c1ccccc1NCc1ccc(-c2ccccc2)nc1)NO. The van der Waals surface area contributed by atoms with Crippen LogP contribution in [0, 0.1) is 0 Å². The van der Waals surface area contributed by atoms with Gasteiger partial charge in [0.25, 0.3) is 5.91 Å². The molecule has 0 radical (unpaired) electrons. The van der Waals surface area contributed by atoms with Crippen molar-refractivity contribution in [2.75, 3.05) is 5.32 Å². The number of amides is 1. The van der Waals surface area contributed by atoms with E-state index in [1.807, 2.05) is 72.9 Å². The number of hydrogen-bond acceptors (Lipinski definition) is 4. The van der Waals surface area contributed by atoms with Gasteiger partial charge in [-0.25, -0.2) is 5.48 Å². The third-order valence-electron chi connectivity index (χ3n) is 3.86. The normalized spacial score (nSPS) is 10.7. The first-order valence-electron chi connectivity index (χ1n) is 8.21. The lowest BCUT2D eigenvalue weighted by Crippen LogP contribution is -2.14. The van der Waals surface area contributed by atoms with Crippen molar-refractivity contribution in [3.8, 4) is 11.3 Å². The molecular weight excluding hydrogens is 326 g/mol. The zero-order valence-electron chi connectivity index (χ0n) is 14.1. The van der Waals surface area contributed by atoms with Crippen LogP contribution in [0.2, 0.25) is 0 Å². The monoisotopic (exact) mass is 345 g/mol. The summed E-state index contributed by atoms with van der Waals surface area (Å²) in [6.07, 6.45) is 4.77. The van der Waals surface area contributed by atoms with Crippen LogP contribution in [-0.4, -0.2) is 16.1 Å².